The number of para-hydroxylation sites is 2. The fourth-order valence-electron chi connectivity index (χ4n) is 3.35. The number of fused-ring (bicyclic) bond motifs is 3. The smallest absolute Gasteiger partial charge is 0.324 e. The molecule has 1 aromatic heterocycles. The van der Waals surface area contributed by atoms with Gasteiger partial charge in [-0.25, -0.2) is 9.78 Å². The molecule has 0 saturated carbocycles. The maximum atomic E-state index is 12.9. The summed E-state index contributed by atoms with van der Waals surface area (Å²) in [6.45, 7) is 5.66. The van der Waals surface area contributed by atoms with Crippen LogP contribution in [0.4, 0.5) is 10.7 Å². The Morgan fingerprint density at radius 2 is 1.79 bits per heavy atom. The topological polar surface area (TPSA) is 140 Å². The molecule has 0 spiro atoms. The van der Waals surface area contributed by atoms with Crippen LogP contribution in [0.15, 0.2) is 24.3 Å². The lowest BCUT2D eigenvalue weighted by atomic mass is 10.0. The Hall–Kier alpha value is -3.14. The second-order valence-electron chi connectivity index (χ2n) is 7.42. The molecule has 1 aliphatic rings. The van der Waals surface area contributed by atoms with Gasteiger partial charge in [-0.3, -0.25) is 9.69 Å². The highest BCUT2D eigenvalue weighted by atomic mass is 16.4. The summed E-state index contributed by atoms with van der Waals surface area (Å²) in [6.07, 6.45) is -1.34. The van der Waals surface area contributed by atoms with Crippen molar-refractivity contribution < 1.29 is 24.6 Å². The van der Waals surface area contributed by atoms with Gasteiger partial charge in [-0.1, -0.05) is 26.0 Å². The number of benzene rings is 1. The van der Waals surface area contributed by atoms with E-state index in [1.807, 2.05) is 28.8 Å². The van der Waals surface area contributed by atoms with Crippen LogP contribution in [0.1, 0.15) is 20.8 Å². The standard InChI is InChI=1S/C19H25N5O5/c1-10(2)14(16(26)21-15(11(3)25)17(27)28)22-19(29)24-9-8-23-13-7-5-4-6-12(13)20-18(23)24/h4-7,10-11,14-15,25H,8-9H2,1-3H3,(H,21,26)(H,22,29)(H,27,28)/p-1/t11-,14-,15-/m0/s1. The van der Waals surface area contributed by atoms with Gasteiger partial charge in [-0.05, 0) is 25.0 Å². The number of aromatic nitrogens is 2. The molecule has 156 valence electrons. The number of carbonyl (C=O) groups excluding carboxylic acids is 3. The number of aliphatic hydroxyl groups is 1. The molecule has 3 amide bonds. The first kappa shape index (κ1) is 20.6. The van der Waals surface area contributed by atoms with E-state index in [0.29, 0.717) is 19.0 Å². The molecule has 10 nitrogen and oxygen atoms in total. The zero-order chi connectivity index (χ0) is 21.3. The highest BCUT2D eigenvalue weighted by Gasteiger charge is 2.33. The van der Waals surface area contributed by atoms with E-state index in [9.17, 15) is 24.6 Å². The Balaban J connectivity index is 1.76. The average molecular weight is 402 g/mol. The number of carboxylic acid groups (broad SMARTS) is 1. The molecule has 0 aliphatic carbocycles. The summed E-state index contributed by atoms with van der Waals surface area (Å²) in [4.78, 5) is 42.5. The summed E-state index contributed by atoms with van der Waals surface area (Å²) < 4.78 is 1.93. The summed E-state index contributed by atoms with van der Waals surface area (Å²) >= 11 is 0. The first-order chi connectivity index (χ1) is 13.7. The summed E-state index contributed by atoms with van der Waals surface area (Å²) in [5.74, 6) is -2.15. The molecule has 2 aromatic rings. The fourth-order valence-corrected chi connectivity index (χ4v) is 3.35. The van der Waals surface area contributed by atoms with E-state index < -0.39 is 36.1 Å². The number of carboxylic acids is 1. The van der Waals surface area contributed by atoms with Gasteiger partial charge in [0.1, 0.15) is 6.04 Å². The molecule has 3 rings (SSSR count). The number of urea groups is 1. The van der Waals surface area contributed by atoms with Gasteiger partial charge in [0.25, 0.3) is 0 Å². The van der Waals surface area contributed by atoms with Gasteiger partial charge in [0.15, 0.2) is 0 Å². The SMILES string of the molecule is CC(C)[C@H](NC(=O)N1CCn2c1nc1ccccc12)C(=O)N[C@H](C(=O)[O-])[C@H](C)O. The third-order valence-corrected chi connectivity index (χ3v) is 4.93. The molecule has 0 saturated heterocycles. The van der Waals surface area contributed by atoms with Crippen LogP contribution in [-0.4, -0.2) is 57.3 Å². The van der Waals surface area contributed by atoms with Crippen LogP contribution in [0.25, 0.3) is 11.0 Å². The first-order valence-corrected chi connectivity index (χ1v) is 9.43. The quantitative estimate of drug-likeness (QED) is 0.578. The molecule has 0 radical (unpaired) electrons. The van der Waals surface area contributed by atoms with Crippen LogP contribution < -0.4 is 20.6 Å². The zero-order valence-electron chi connectivity index (χ0n) is 16.5. The van der Waals surface area contributed by atoms with Crippen molar-refractivity contribution in [1.29, 1.82) is 0 Å². The molecular weight excluding hydrogens is 378 g/mol. The van der Waals surface area contributed by atoms with Crippen LogP contribution in [0.2, 0.25) is 0 Å². The Morgan fingerprint density at radius 1 is 1.10 bits per heavy atom. The summed E-state index contributed by atoms with van der Waals surface area (Å²) in [6, 6.07) is 4.47. The molecular formula is C19H24N5O5-. The van der Waals surface area contributed by atoms with Gasteiger partial charge in [-0.15, -0.1) is 0 Å². The minimum Gasteiger partial charge on any atom is -0.548 e. The fraction of sp³-hybridized carbons (Fsp3) is 0.474. The normalized spacial score (nSPS) is 16.4. The minimum absolute atomic E-state index is 0.322. The Morgan fingerprint density at radius 3 is 2.41 bits per heavy atom. The lowest BCUT2D eigenvalue weighted by Gasteiger charge is -2.28. The highest BCUT2D eigenvalue weighted by Crippen LogP contribution is 2.27. The number of hydrogen-bond donors (Lipinski definition) is 3. The maximum Gasteiger partial charge on any atom is 0.324 e. The van der Waals surface area contributed by atoms with E-state index in [2.05, 4.69) is 15.6 Å². The second-order valence-corrected chi connectivity index (χ2v) is 7.42. The van der Waals surface area contributed by atoms with E-state index in [4.69, 9.17) is 0 Å². The van der Waals surface area contributed by atoms with Crippen molar-refractivity contribution in [3.05, 3.63) is 24.3 Å². The van der Waals surface area contributed by atoms with Crippen molar-refractivity contribution in [2.24, 2.45) is 5.92 Å². The molecule has 2 heterocycles. The van der Waals surface area contributed by atoms with E-state index in [1.165, 1.54) is 11.8 Å². The Labute approximate surface area is 167 Å². The van der Waals surface area contributed by atoms with E-state index in [0.717, 1.165) is 11.0 Å². The van der Waals surface area contributed by atoms with E-state index in [1.54, 1.807) is 13.8 Å². The number of nitrogens with zero attached hydrogens (tertiary/aromatic N) is 3. The third-order valence-electron chi connectivity index (χ3n) is 4.93. The zero-order valence-corrected chi connectivity index (χ0v) is 16.5. The Kier molecular flexibility index (Phi) is 5.73. The number of hydrogen-bond acceptors (Lipinski definition) is 6. The van der Waals surface area contributed by atoms with Gasteiger partial charge in [0, 0.05) is 13.1 Å². The number of rotatable bonds is 6. The molecule has 0 fully saturated rings. The third kappa shape index (κ3) is 4.02. The van der Waals surface area contributed by atoms with Gasteiger partial charge in [-0.2, -0.15) is 0 Å². The van der Waals surface area contributed by atoms with Crippen LogP contribution in [0.3, 0.4) is 0 Å². The lowest BCUT2D eigenvalue weighted by Crippen LogP contribution is -2.60. The molecule has 29 heavy (non-hydrogen) atoms. The molecule has 3 N–H and O–H groups in total. The van der Waals surface area contributed by atoms with Crippen LogP contribution in [0.5, 0.6) is 0 Å². The number of imidazole rings is 1. The minimum atomic E-state index is -1.60. The summed E-state index contributed by atoms with van der Waals surface area (Å²) in [5.41, 5.74) is 1.69. The van der Waals surface area contributed by atoms with E-state index >= 15 is 0 Å². The molecule has 1 aliphatic heterocycles. The van der Waals surface area contributed by atoms with Crippen LogP contribution in [-0.2, 0) is 16.1 Å². The number of aliphatic hydroxyl groups excluding tert-OH is 1. The summed E-state index contributed by atoms with van der Waals surface area (Å²) in [7, 11) is 0. The highest BCUT2D eigenvalue weighted by molar-refractivity contribution is 5.97. The van der Waals surface area contributed by atoms with Gasteiger partial charge >= 0.3 is 6.03 Å². The number of carbonyl (C=O) groups is 3. The van der Waals surface area contributed by atoms with Gasteiger partial charge in [0.05, 0.1) is 29.1 Å². The molecule has 3 atom stereocenters. The van der Waals surface area contributed by atoms with Crippen LogP contribution in [0, 0.1) is 5.92 Å². The predicted molar refractivity (Wildman–Crippen MR) is 103 cm³/mol. The molecule has 1 aromatic carbocycles. The second kappa shape index (κ2) is 8.08. The number of amides is 3. The van der Waals surface area contributed by atoms with Crippen molar-refractivity contribution in [2.45, 2.75) is 45.5 Å². The first-order valence-electron chi connectivity index (χ1n) is 9.43. The van der Waals surface area contributed by atoms with Crippen molar-refractivity contribution in [2.75, 3.05) is 11.4 Å². The van der Waals surface area contributed by atoms with Crippen LogP contribution >= 0.6 is 0 Å². The Bertz CT molecular complexity index is 938. The van der Waals surface area contributed by atoms with E-state index in [-0.39, 0.29) is 5.92 Å². The van der Waals surface area contributed by atoms with Crippen molar-refractivity contribution in [3.63, 3.8) is 0 Å². The molecule has 0 bridgehead atoms. The summed E-state index contributed by atoms with van der Waals surface area (Å²) in [5, 5.41) is 25.6. The van der Waals surface area contributed by atoms with Crippen molar-refractivity contribution >= 4 is 34.9 Å². The molecule has 0 unspecified atom stereocenters. The van der Waals surface area contributed by atoms with Gasteiger partial charge < -0.3 is 30.2 Å². The molecule has 10 heteroatoms. The number of anilines is 1. The predicted octanol–water partition coefficient (Wildman–Crippen LogP) is -0.794. The average Bonchev–Trinajstić information content (AvgIpc) is 3.22. The number of aliphatic carboxylic acids is 1. The largest absolute Gasteiger partial charge is 0.548 e. The lowest BCUT2D eigenvalue weighted by molar-refractivity contribution is -0.310. The number of nitrogens with one attached hydrogen (secondary N) is 2. The van der Waals surface area contributed by atoms with Crippen molar-refractivity contribution in [3.8, 4) is 0 Å². The van der Waals surface area contributed by atoms with Crippen molar-refractivity contribution in [1.82, 2.24) is 20.2 Å². The van der Waals surface area contributed by atoms with Gasteiger partial charge in [0.2, 0.25) is 11.9 Å². The maximum absolute atomic E-state index is 12.9. The monoisotopic (exact) mass is 402 g/mol.